The fourth-order valence-corrected chi connectivity index (χ4v) is 2.79. The molecule has 146 valence electrons. The molecule has 0 fully saturated rings. The Bertz CT molecular complexity index is 953. The molecule has 0 bridgehead atoms. The van der Waals surface area contributed by atoms with Crippen molar-refractivity contribution in [3.63, 3.8) is 0 Å². The van der Waals surface area contributed by atoms with Gasteiger partial charge in [-0.15, -0.1) is 0 Å². The zero-order valence-corrected chi connectivity index (χ0v) is 17.1. The molecule has 0 spiro atoms. The topological polar surface area (TPSA) is 139 Å². The van der Waals surface area contributed by atoms with Gasteiger partial charge < -0.3 is 20.8 Å². The minimum absolute atomic E-state index is 0.174. The smallest absolute Gasteiger partial charge is 0.230 e. The maximum absolute atomic E-state index is 9.94. The molecular formula is C15H19BBrN9O2. The molecule has 11 nitrogen and oxygen atoms in total. The molecule has 3 heterocycles. The van der Waals surface area contributed by atoms with E-state index in [1.165, 1.54) is 4.80 Å². The molecule has 3 rings (SSSR count). The fourth-order valence-electron chi connectivity index (χ4n) is 2.46. The van der Waals surface area contributed by atoms with E-state index in [9.17, 15) is 10.2 Å². The molecule has 0 unspecified atom stereocenters. The zero-order chi connectivity index (χ0) is 20.5. The second-order valence-electron chi connectivity index (χ2n) is 6.44. The van der Waals surface area contributed by atoms with Crippen LogP contribution in [0, 0.1) is 0 Å². The average molecular weight is 448 g/mol. The monoisotopic (exact) mass is 447 g/mol. The average Bonchev–Trinajstić information content (AvgIpc) is 3.28. The maximum atomic E-state index is 9.94. The molecule has 0 aromatic carbocycles. The number of nitrogens with zero attached hydrogens (tertiary/aromatic N) is 7. The van der Waals surface area contributed by atoms with E-state index in [1.54, 1.807) is 24.7 Å². The summed E-state index contributed by atoms with van der Waals surface area (Å²) in [6.45, 7) is 6.27. The Balaban J connectivity index is 2.01. The van der Waals surface area contributed by atoms with Gasteiger partial charge in [0.2, 0.25) is 11.8 Å². The first-order valence-electron chi connectivity index (χ1n) is 8.37. The van der Waals surface area contributed by atoms with Gasteiger partial charge in [0.25, 0.3) is 0 Å². The standard InChI is InChI=1S/C15H19BBrN9O2/c1-4-18-12-9(17)8-19-13(23-12)22-11-7-10(24-25(11)15(16,27)28)14(2,3)26-20-5-6-21-26/h5-8,27-28H,4H2,1-3H3,(H2,18,19,22,23). The molecule has 3 aromatic rings. The normalized spacial score (nSPS) is 12.2. The molecule has 0 amide bonds. The third-order valence-corrected chi connectivity index (χ3v) is 4.48. The van der Waals surface area contributed by atoms with Gasteiger partial charge >= 0.3 is 0 Å². The summed E-state index contributed by atoms with van der Waals surface area (Å²) in [5.74, 6) is -1.77. The van der Waals surface area contributed by atoms with Crippen LogP contribution in [-0.4, -0.2) is 59.3 Å². The van der Waals surface area contributed by atoms with Crippen molar-refractivity contribution >= 4 is 41.4 Å². The van der Waals surface area contributed by atoms with E-state index in [0.29, 0.717) is 22.5 Å². The Labute approximate surface area is 170 Å². The van der Waals surface area contributed by atoms with Gasteiger partial charge in [-0.05, 0) is 36.7 Å². The summed E-state index contributed by atoms with van der Waals surface area (Å²) in [6.07, 6.45) is 4.66. The highest BCUT2D eigenvalue weighted by atomic mass is 79.9. The van der Waals surface area contributed by atoms with Gasteiger partial charge in [0.15, 0.2) is 7.85 Å². The first-order chi connectivity index (χ1) is 13.1. The van der Waals surface area contributed by atoms with Crippen LogP contribution in [0.25, 0.3) is 0 Å². The fraction of sp³-hybridized carbons (Fsp3) is 0.400. The van der Waals surface area contributed by atoms with Crippen LogP contribution >= 0.6 is 15.9 Å². The van der Waals surface area contributed by atoms with Gasteiger partial charge in [0.05, 0.1) is 22.6 Å². The van der Waals surface area contributed by atoms with Crippen molar-refractivity contribution < 1.29 is 10.2 Å². The second kappa shape index (κ2) is 7.49. The number of hydrogen-bond donors (Lipinski definition) is 4. The zero-order valence-electron chi connectivity index (χ0n) is 15.5. The second-order valence-corrected chi connectivity index (χ2v) is 7.29. The minimum atomic E-state index is -2.74. The van der Waals surface area contributed by atoms with E-state index in [-0.39, 0.29) is 11.8 Å². The van der Waals surface area contributed by atoms with Crippen LogP contribution in [0.5, 0.6) is 0 Å². The predicted octanol–water partition coefficient (Wildman–Crippen LogP) is 0.707. The Morgan fingerprint density at radius 3 is 2.54 bits per heavy atom. The van der Waals surface area contributed by atoms with Crippen molar-refractivity contribution in [3.8, 4) is 0 Å². The third kappa shape index (κ3) is 4.00. The van der Waals surface area contributed by atoms with Gasteiger partial charge in [-0.2, -0.15) is 25.1 Å². The van der Waals surface area contributed by atoms with Crippen LogP contribution < -0.4 is 10.6 Å². The van der Waals surface area contributed by atoms with Crippen molar-refractivity contribution in [1.29, 1.82) is 0 Å². The molecule has 0 aliphatic heterocycles. The van der Waals surface area contributed by atoms with E-state index in [2.05, 4.69) is 51.8 Å². The van der Waals surface area contributed by atoms with E-state index < -0.39 is 11.3 Å². The first-order valence-corrected chi connectivity index (χ1v) is 9.17. The number of nitrogens with one attached hydrogen (secondary N) is 2. The lowest BCUT2D eigenvalue weighted by atomic mass is 10.0. The SMILES string of the molecule is [B]C(O)(O)n1nc(C(C)(C)n2nccn2)cc1Nc1ncc(Br)c(NCC)n1. The number of anilines is 3. The van der Waals surface area contributed by atoms with E-state index >= 15 is 0 Å². The third-order valence-electron chi connectivity index (χ3n) is 3.89. The minimum Gasteiger partial charge on any atom is -0.369 e. The summed E-state index contributed by atoms with van der Waals surface area (Å²) in [5.41, 5.74) is -0.348. The molecule has 0 aliphatic carbocycles. The number of rotatable bonds is 7. The van der Waals surface area contributed by atoms with Gasteiger partial charge in [0, 0.05) is 18.8 Å². The highest BCUT2D eigenvalue weighted by Crippen LogP contribution is 2.29. The Morgan fingerprint density at radius 1 is 1.25 bits per heavy atom. The predicted molar refractivity (Wildman–Crippen MR) is 106 cm³/mol. The summed E-state index contributed by atoms with van der Waals surface area (Å²) in [6, 6.07) is 1.59. The molecule has 4 N–H and O–H groups in total. The summed E-state index contributed by atoms with van der Waals surface area (Å²) in [5, 5.41) is 38.4. The number of hydrogen-bond acceptors (Lipinski definition) is 9. The quantitative estimate of drug-likeness (QED) is 0.304. The maximum Gasteiger partial charge on any atom is 0.230 e. The number of aromatic nitrogens is 7. The van der Waals surface area contributed by atoms with Gasteiger partial charge in [0.1, 0.15) is 17.2 Å². The molecule has 3 aromatic heterocycles. The van der Waals surface area contributed by atoms with Crippen LogP contribution in [0.3, 0.4) is 0 Å². The summed E-state index contributed by atoms with van der Waals surface area (Å²) in [4.78, 5) is 9.98. The lowest BCUT2D eigenvalue weighted by Crippen LogP contribution is -2.36. The van der Waals surface area contributed by atoms with Gasteiger partial charge in [-0.3, -0.25) is 0 Å². The van der Waals surface area contributed by atoms with Crippen LogP contribution in [0.4, 0.5) is 17.6 Å². The highest BCUT2D eigenvalue weighted by molar-refractivity contribution is 9.10. The van der Waals surface area contributed by atoms with Crippen molar-refractivity contribution in [1.82, 2.24) is 34.7 Å². The molecule has 0 atom stereocenters. The van der Waals surface area contributed by atoms with E-state index in [4.69, 9.17) is 7.85 Å². The van der Waals surface area contributed by atoms with Crippen molar-refractivity contribution in [3.05, 3.63) is 34.8 Å². The summed E-state index contributed by atoms with van der Waals surface area (Å²) < 4.78 is 1.52. The van der Waals surface area contributed by atoms with E-state index in [0.717, 1.165) is 4.68 Å². The van der Waals surface area contributed by atoms with Crippen molar-refractivity contribution in [2.75, 3.05) is 17.2 Å². The summed E-state index contributed by atoms with van der Waals surface area (Å²) >= 11 is 3.37. The van der Waals surface area contributed by atoms with Gasteiger partial charge in [-0.25, -0.2) is 9.67 Å². The van der Waals surface area contributed by atoms with Crippen LogP contribution in [0.1, 0.15) is 26.5 Å². The lowest BCUT2D eigenvalue weighted by molar-refractivity contribution is -0.158. The van der Waals surface area contributed by atoms with Crippen molar-refractivity contribution in [2.24, 2.45) is 0 Å². The highest BCUT2D eigenvalue weighted by Gasteiger charge is 2.32. The lowest BCUT2D eigenvalue weighted by Gasteiger charge is -2.22. The van der Waals surface area contributed by atoms with E-state index in [1.807, 2.05) is 20.8 Å². The Kier molecular flexibility index (Phi) is 5.41. The van der Waals surface area contributed by atoms with Gasteiger partial charge in [-0.1, -0.05) is 0 Å². The molecular weight excluding hydrogens is 429 g/mol. The Morgan fingerprint density at radius 2 is 1.93 bits per heavy atom. The Hall–Kier alpha value is -2.51. The molecule has 2 radical (unpaired) electrons. The largest absolute Gasteiger partial charge is 0.369 e. The molecule has 0 aliphatic rings. The molecule has 0 saturated heterocycles. The molecule has 13 heteroatoms. The van der Waals surface area contributed by atoms with Crippen molar-refractivity contribution in [2.45, 2.75) is 32.1 Å². The van der Waals surface area contributed by atoms with Crippen LogP contribution in [0.15, 0.2) is 29.1 Å². The first kappa shape index (κ1) is 20.2. The number of aliphatic hydroxyl groups is 2. The van der Waals surface area contributed by atoms with Crippen LogP contribution in [-0.2, 0) is 11.3 Å². The van der Waals surface area contributed by atoms with Crippen LogP contribution in [0.2, 0.25) is 0 Å². The molecule has 0 saturated carbocycles. The number of halogens is 1. The summed E-state index contributed by atoms with van der Waals surface area (Å²) in [7, 11) is 5.46. The molecule has 28 heavy (non-hydrogen) atoms.